The van der Waals surface area contributed by atoms with Crippen LogP contribution in [0.25, 0.3) is 17.4 Å². The van der Waals surface area contributed by atoms with Gasteiger partial charge in [-0.05, 0) is 37.6 Å². The molecule has 0 unspecified atom stereocenters. The molecule has 0 aliphatic carbocycles. The Balaban J connectivity index is 1.61. The number of furan rings is 1. The zero-order valence-corrected chi connectivity index (χ0v) is 18.4. The van der Waals surface area contributed by atoms with Crippen molar-refractivity contribution in [2.24, 2.45) is 0 Å². The molecule has 10 nitrogen and oxygen atoms in total. The topological polar surface area (TPSA) is 124 Å². The van der Waals surface area contributed by atoms with Crippen LogP contribution in [-0.4, -0.2) is 39.4 Å². The highest BCUT2D eigenvalue weighted by Gasteiger charge is 2.18. The molecule has 33 heavy (non-hydrogen) atoms. The molecule has 0 aliphatic heterocycles. The molecule has 10 heteroatoms. The maximum absolute atomic E-state index is 12.6. The fourth-order valence-corrected chi connectivity index (χ4v) is 3.31. The van der Waals surface area contributed by atoms with Gasteiger partial charge in [0.1, 0.15) is 23.0 Å². The Labute approximate surface area is 189 Å². The number of hydrogen-bond donors (Lipinski definition) is 2. The van der Waals surface area contributed by atoms with E-state index in [0.717, 1.165) is 0 Å². The lowest BCUT2D eigenvalue weighted by Gasteiger charge is -2.11. The van der Waals surface area contributed by atoms with E-state index in [1.54, 1.807) is 56.5 Å². The summed E-state index contributed by atoms with van der Waals surface area (Å²) in [7, 11) is 1.55. The summed E-state index contributed by atoms with van der Waals surface area (Å²) in [5.74, 6) is 1.67. The van der Waals surface area contributed by atoms with Gasteiger partial charge in [-0.15, -0.1) is 0 Å². The molecule has 170 valence electrons. The number of carbonyl (C=O) groups excluding carboxylic acids is 1. The first kappa shape index (κ1) is 21.9. The third-order valence-corrected chi connectivity index (χ3v) is 4.93. The average molecular weight is 449 g/mol. The predicted molar refractivity (Wildman–Crippen MR) is 121 cm³/mol. The molecule has 0 saturated carbocycles. The first-order valence-electron chi connectivity index (χ1n) is 10.3. The number of H-pyrrole nitrogens is 1. The fraction of sp³-hybridized carbons (Fsp3) is 0.217. The maximum Gasteiger partial charge on any atom is 0.263 e. The summed E-state index contributed by atoms with van der Waals surface area (Å²) in [6.07, 6.45) is 2.07. The van der Waals surface area contributed by atoms with E-state index in [1.165, 1.54) is 10.9 Å². The number of aromatic nitrogens is 4. The normalized spacial score (nSPS) is 10.8. The molecule has 2 N–H and O–H groups in total. The summed E-state index contributed by atoms with van der Waals surface area (Å²) in [4.78, 5) is 32.3. The summed E-state index contributed by atoms with van der Waals surface area (Å²) in [5.41, 5.74) is 1.39. The van der Waals surface area contributed by atoms with Gasteiger partial charge in [-0.25, -0.2) is 4.98 Å². The summed E-state index contributed by atoms with van der Waals surface area (Å²) in [5, 5.41) is 7.23. The Bertz CT molecular complexity index is 1320. The molecule has 4 rings (SSSR count). The van der Waals surface area contributed by atoms with Crippen molar-refractivity contribution in [3.05, 3.63) is 70.3 Å². The van der Waals surface area contributed by atoms with Gasteiger partial charge < -0.3 is 19.2 Å². The first-order chi connectivity index (χ1) is 16.0. The van der Waals surface area contributed by atoms with E-state index in [4.69, 9.17) is 13.9 Å². The van der Waals surface area contributed by atoms with Crippen LogP contribution >= 0.6 is 0 Å². The van der Waals surface area contributed by atoms with Crippen LogP contribution < -0.4 is 20.3 Å². The molecule has 0 aliphatic rings. The minimum Gasteiger partial charge on any atom is -0.497 e. The lowest BCUT2D eigenvalue weighted by molar-refractivity contribution is -0.118. The molecule has 0 radical (unpaired) electrons. The zero-order valence-electron chi connectivity index (χ0n) is 18.4. The van der Waals surface area contributed by atoms with Crippen molar-refractivity contribution < 1.29 is 18.7 Å². The molecule has 3 aromatic heterocycles. The lowest BCUT2D eigenvalue weighted by Crippen LogP contribution is -2.24. The van der Waals surface area contributed by atoms with Crippen molar-refractivity contribution >= 4 is 11.7 Å². The third kappa shape index (κ3) is 4.79. The third-order valence-electron chi connectivity index (χ3n) is 4.93. The van der Waals surface area contributed by atoms with Crippen molar-refractivity contribution in [2.75, 3.05) is 19.0 Å². The van der Waals surface area contributed by atoms with E-state index in [-0.39, 0.29) is 18.1 Å². The van der Waals surface area contributed by atoms with E-state index in [9.17, 15) is 9.59 Å². The van der Waals surface area contributed by atoms with Gasteiger partial charge in [0.25, 0.3) is 11.5 Å². The number of ether oxygens (including phenoxy) is 2. The maximum atomic E-state index is 12.6. The number of nitrogens with zero attached hydrogens (tertiary/aromatic N) is 3. The first-order valence-corrected chi connectivity index (χ1v) is 10.3. The van der Waals surface area contributed by atoms with Crippen molar-refractivity contribution in [1.29, 1.82) is 0 Å². The van der Waals surface area contributed by atoms with Crippen LogP contribution in [0, 0.1) is 6.92 Å². The number of methoxy groups -OCH3 is 1. The number of anilines is 1. The number of amides is 1. The summed E-state index contributed by atoms with van der Waals surface area (Å²) >= 11 is 0. The Kier molecular flexibility index (Phi) is 6.25. The number of aromatic amines is 1. The Morgan fingerprint density at radius 2 is 2.03 bits per heavy atom. The van der Waals surface area contributed by atoms with Crippen molar-refractivity contribution in [2.45, 2.75) is 20.3 Å². The minimum atomic E-state index is -0.422. The Morgan fingerprint density at radius 3 is 2.73 bits per heavy atom. The highest BCUT2D eigenvalue weighted by atomic mass is 16.5. The molecule has 1 aromatic carbocycles. The largest absolute Gasteiger partial charge is 0.497 e. The number of hydrogen-bond acceptors (Lipinski definition) is 7. The van der Waals surface area contributed by atoms with Crippen molar-refractivity contribution in [3.8, 4) is 28.9 Å². The minimum absolute atomic E-state index is 0.177. The lowest BCUT2D eigenvalue weighted by atomic mass is 10.2. The summed E-state index contributed by atoms with van der Waals surface area (Å²) in [6, 6.07) is 12.1. The smallest absolute Gasteiger partial charge is 0.263 e. The van der Waals surface area contributed by atoms with Crippen LogP contribution in [0.15, 0.2) is 57.9 Å². The van der Waals surface area contributed by atoms with Crippen molar-refractivity contribution in [3.63, 3.8) is 0 Å². The SMILES string of the molecule is CCc1c(C)nc(-n2nc(-c3ccco3)cc2NC(=O)COc2cccc(OC)c2)[nH]c1=O. The van der Waals surface area contributed by atoms with Gasteiger partial charge in [0, 0.05) is 23.4 Å². The number of nitrogens with one attached hydrogen (secondary N) is 2. The van der Waals surface area contributed by atoms with Crippen molar-refractivity contribution in [1.82, 2.24) is 19.7 Å². The highest BCUT2D eigenvalue weighted by Crippen LogP contribution is 2.24. The molecule has 0 atom stereocenters. The Hall–Kier alpha value is -4.34. The highest BCUT2D eigenvalue weighted by molar-refractivity contribution is 5.91. The van der Waals surface area contributed by atoms with Crippen LogP contribution in [0.1, 0.15) is 18.2 Å². The second kappa shape index (κ2) is 9.43. The molecule has 3 heterocycles. The van der Waals surface area contributed by atoms with Crippen LogP contribution in [-0.2, 0) is 11.2 Å². The van der Waals surface area contributed by atoms with Gasteiger partial charge in [0.2, 0.25) is 5.95 Å². The van der Waals surface area contributed by atoms with Gasteiger partial charge in [-0.1, -0.05) is 13.0 Å². The molecular formula is C23H23N5O5. The van der Waals surface area contributed by atoms with E-state index in [1.807, 2.05) is 6.92 Å². The van der Waals surface area contributed by atoms with Gasteiger partial charge in [0.15, 0.2) is 12.4 Å². The molecule has 0 bridgehead atoms. The molecule has 0 spiro atoms. The van der Waals surface area contributed by atoms with Gasteiger partial charge in [-0.2, -0.15) is 9.78 Å². The van der Waals surface area contributed by atoms with Crippen LogP contribution in [0.3, 0.4) is 0 Å². The zero-order chi connectivity index (χ0) is 23.4. The monoisotopic (exact) mass is 449 g/mol. The standard InChI is InChI=1S/C23H23N5O5/c1-4-17-14(2)24-23(26-22(17)30)28-20(12-18(27-28)19-9-6-10-32-19)25-21(29)13-33-16-8-5-7-15(11-16)31-3/h5-12H,4,13H2,1-3H3,(H,25,29)(H,24,26,30). The van der Waals surface area contributed by atoms with Gasteiger partial charge >= 0.3 is 0 Å². The van der Waals surface area contributed by atoms with Crippen LogP contribution in [0.2, 0.25) is 0 Å². The van der Waals surface area contributed by atoms with E-state index < -0.39 is 5.91 Å². The molecule has 0 fully saturated rings. The number of aryl methyl sites for hydroxylation is 1. The van der Waals surface area contributed by atoms with Crippen LogP contribution in [0.5, 0.6) is 11.5 Å². The Morgan fingerprint density at radius 1 is 1.21 bits per heavy atom. The number of benzene rings is 1. The van der Waals surface area contributed by atoms with Gasteiger partial charge in [-0.3, -0.25) is 14.6 Å². The van der Waals surface area contributed by atoms with E-state index in [0.29, 0.717) is 46.4 Å². The average Bonchev–Trinajstić information content (AvgIpc) is 3.48. The number of carbonyl (C=O) groups is 1. The van der Waals surface area contributed by atoms with Crippen LogP contribution in [0.4, 0.5) is 5.82 Å². The van der Waals surface area contributed by atoms with E-state index in [2.05, 4.69) is 20.4 Å². The van der Waals surface area contributed by atoms with E-state index >= 15 is 0 Å². The summed E-state index contributed by atoms with van der Waals surface area (Å²) < 4.78 is 17.5. The quantitative estimate of drug-likeness (QED) is 0.423. The van der Waals surface area contributed by atoms with Gasteiger partial charge in [0.05, 0.1) is 13.4 Å². The molecule has 0 saturated heterocycles. The number of rotatable bonds is 8. The summed E-state index contributed by atoms with van der Waals surface area (Å²) in [6.45, 7) is 3.40. The molecular weight excluding hydrogens is 426 g/mol. The molecule has 1 amide bonds. The molecule has 4 aromatic rings. The second-order valence-electron chi connectivity index (χ2n) is 7.13. The predicted octanol–water partition coefficient (Wildman–Crippen LogP) is 3.11. The second-order valence-corrected chi connectivity index (χ2v) is 7.13. The fourth-order valence-electron chi connectivity index (χ4n) is 3.31.